The van der Waals surface area contributed by atoms with E-state index < -0.39 is 14.4 Å². The molecule has 0 spiro atoms. The van der Waals surface area contributed by atoms with E-state index in [-0.39, 0.29) is 11.2 Å². The molecule has 0 radical (unpaired) electrons. The molecule has 1 heterocycles. The summed E-state index contributed by atoms with van der Waals surface area (Å²) in [5.41, 5.74) is -0.215. The molecule has 4 heteroatoms. The molecule has 0 bridgehead atoms. The van der Waals surface area contributed by atoms with Crippen LogP contribution in [-0.2, 0) is 7.45 Å². The molecule has 0 aliphatic carbocycles. The van der Waals surface area contributed by atoms with Gasteiger partial charge in [-0.15, -0.1) is 0 Å². The van der Waals surface area contributed by atoms with E-state index in [2.05, 4.69) is 27.7 Å². The van der Waals surface area contributed by atoms with Gasteiger partial charge in [-0.1, -0.05) is 0 Å². The van der Waals surface area contributed by atoms with Crippen LogP contribution < -0.4 is 0 Å². The summed E-state index contributed by atoms with van der Waals surface area (Å²) in [6.07, 6.45) is 0.901. The average Bonchev–Trinajstić information content (AvgIpc) is 1.49. The van der Waals surface area contributed by atoms with E-state index in [9.17, 15) is 0 Å². The topological polar surface area (TPSA) is 18.5 Å². The van der Waals surface area contributed by atoms with Crippen LogP contribution in [0.15, 0.2) is 0 Å². The number of halogens is 1. The second kappa shape index (κ2) is 2.92. The summed E-state index contributed by atoms with van der Waals surface area (Å²) >= 11 is -1.94. The average molecular weight is 241 g/mol. The van der Waals surface area contributed by atoms with Crippen molar-refractivity contribution in [1.29, 1.82) is 0 Å². The molecule has 0 amide bonds. The van der Waals surface area contributed by atoms with E-state index in [4.69, 9.17) is 17.4 Å². The molecule has 1 saturated heterocycles. The second-order valence-corrected chi connectivity index (χ2v) is 7.18. The van der Waals surface area contributed by atoms with Crippen molar-refractivity contribution >= 4 is 24.3 Å². The van der Waals surface area contributed by atoms with E-state index in [0.717, 1.165) is 6.42 Å². The predicted octanol–water partition coefficient (Wildman–Crippen LogP) is 2.20. The van der Waals surface area contributed by atoms with Gasteiger partial charge in [0.1, 0.15) is 0 Å². The van der Waals surface area contributed by atoms with Gasteiger partial charge in [0.25, 0.3) is 0 Å². The summed E-state index contributed by atoms with van der Waals surface area (Å²) in [5.74, 6) is 0. The third-order valence-electron chi connectivity index (χ3n) is 1.49. The fourth-order valence-corrected chi connectivity index (χ4v) is 5.42. The zero-order valence-electron chi connectivity index (χ0n) is 7.35. The molecule has 1 aliphatic heterocycles. The van der Waals surface area contributed by atoms with Crippen molar-refractivity contribution in [3.8, 4) is 0 Å². The molecule has 0 aromatic heterocycles. The zero-order chi connectivity index (χ0) is 8.70. The van der Waals surface area contributed by atoms with Gasteiger partial charge in [0.15, 0.2) is 0 Å². The molecule has 66 valence electrons. The summed E-state index contributed by atoms with van der Waals surface area (Å²) in [5, 5.41) is 0. The molecular weight excluding hydrogens is 226 g/mol. The van der Waals surface area contributed by atoms with E-state index in [1.54, 1.807) is 0 Å². The summed E-state index contributed by atoms with van der Waals surface area (Å²) in [6.45, 7) is 8.23. The van der Waals surface area contributed by atoms with Gasteiger partial charge in [-0.2, -0.15) is 0 Å². The molecular formula is C7H14AsClO2. The Kier molecular flexibility index (Phi) is 2.61. The molecule has 0 atom stereocenters. The van der Waals surface area contributed by atoms with Crippen LogP contribution in [0.4, 0.5) is 0 Å². The first-order valence-corrected chi connectivity index (χ1v) is 7.65. The summed E-state index contributed by atoms with van der Waals surface area (Å²) in [6, 6.07) is 0. The van der Waals surface area contributed by atoms with Gasteiger partial charge in [-0.05, 0) is 0 Å². The Labute approximate surface area is 77.3 Å². The van der Waals surface area contributed by atoms with Crippen LogP contribution in [0.2, 0.25) is 0 Å². The van der Waals surface area contributed by atoms with Crippen molar-refractivity contribution in [2.45, 2.75) is 45.3 Å². The van der Waals surface area contributed by atoms with Crippen LogP contribution in [-0.4, -0.2) is 25.6 Å². The molecule has 1 fully saturated rings. The third kappa shape index (κ3) is 2.94. The molecule has 1 rings (SSSR count). The van der Waals surface area contributed by atoms with Crippen LogP contribution >= 0.6 is 9.95 Å². The quantitative estimate of drug-likeness (QED) is 0.605. The minimum atomic E-state index is -1.94. The van der Waals surface area contributed by atoms with Crippen LogP contribution in [0.25, 0.3) is 0 Å². The number of hydrogen-bond donors (Lipinski definition) is 0. The van der Waals surface area contributed by atoms with Crippen molar-refractivity contribution in [2.75, 3.05) is 0 Å². The Morgan fingerprint density at radius 2 is 1.45 bits per heavy atom. The van der Waals surface area contributed by atoms with Crippen molar-refractivity contribution in [3.63, 3.8) is 0 Å². The predicted molar refractivity (Wildman–Crippen MR) is 46.6 cm³/mol. The Bertz CT molecular complexity index is 143. The summed E-state index contributed by atoms with van der Waals surface area (Å²) < 4.78 is 11.0. The van der Waals surface area contributed by atoms with Gasteiger partial charge in [0.2, 0.25) is 0 Å². The van der Waals surface area contributed by atoms with Gasteiger partial charge >= 0.3 is 77.1 Å². The normalized spacial score (nSPS) is 30.3. The first-order chi connectivity index (χ1) is 4.81. The standard InChI is InChI=1S/C7H14AsClO2/c1-6(2)5-7(3,4)11-8(9)10-6/h5H2,1-4H3. The molecule has 0 saturated carbocycles. The van der Waals surface area contributed by atoms with Gasteiger partial charge < -0.3 is 0 Å². The molecule has 0 N–H and O–H groups in total. The fourth-order valence-electron chi connectivity index (χ4n) is 1.50. The molecule has 0 unspecified atom stereocenters. The van der Waals surface area contributed by atoms with Crippen molar-refractivity contribution in [1.82, 2.24) is 0 Å². The first kappa shape index (κ1) is 9.85. The van der Waals surface area contributed by atoms with Crippen molar-refractivity contribution in [2.24, 2.45) is 0 Å². The fraction of sp³-hybridized carbons (Fsp3) is 1.00. The van der Waals surface area contributed by atoms with E-state index >= 15 is 0 Å². The molecule has 1 aliphatic rings. The molecule has 11 heavy (non-hydrogen) atoms. The second-order valence-electron chi connectivity index (χ2n) is 4.09. The van der Waals surface area contributed by atoms with E-state index in [0.29, 0.717) is 0 Å². The Morgan fingerprint density at radius 1 is 1.09 bits per heavy atom. The van der Waals surface area contributed by atoms with Crippen LogP contribution in [0.5, 0.6) is 0 Å². The summed E-state index contributed by atoms with van der Waals surface area (Å²) in [4.78, 5) is 0. The minimum absolute atomic E-state index is 0.108. The molecule has 0 aromatic rings. The Hall–Kier alpha value is 0.768. The third-order valence-corrected chi connectivity index (χ3v) is 4.88. The SMILES string of the molecule is CC1(C)CC(C)(C)O[As](Cl)O1. The first-order valence-electron chi connectivity index (χ1n) is 3.65. The van der Waals surface area contributed by atoms with Gasteiger partial charge in [-0.25, -0.2) is 0 Å². The van der Waals surface area contributed by atoms with Gasteiger partial charge in [-0.3, -0.25) is 0 Å². The Morgan fingerprint density at radius 3 is 1.73 bits per heavy atom. The Balaban J connectivity index is 2.66. The maximum absolute atomic E-state index is 5.89. The van der Waals surface area contributed by atoms with E-state index in [1.165, 1.54) is 0 Å². The van der Waals surface area contributed by atoms with Crippen LogP contribution in [0.3, 0.4) is 0 Å². The molecule has 0 aromatic carbocycles. The van der Waals surface area contributed by atoms with Crippen LogP contribution in [0, 0.1) is 0 Å². The zero-order valence-corrected chi connectivity index (χ0v) is 9.98. The van der Waals surface area contributed by atoms with Gasteiger partial charge in [0.05, 0.1) is 0 Å². The monoisotopic (exact) mass is 240 g/mol. The molecule has 2 nitrogen and oxygen atoms in total. The van der Waals surface area contributed by atoms with Gasteiger partial charge in [0, 0.05) is 0 Å². The van der Waals surface area contributed by atoms with Crippen molar-refractivity contribution in [3.05, 3.63) is 0 Å². The number of rotatable bonds is 0. The maximum atomic E-state index is 5.89. The van der Waals surface area contributed by atoms with Crippen LogP contribution in [0.1, 0.15) is 34.1 Å². The summed E-state index contributed by atoms with van der Waals surface area (Å²) in [7, 11) is 5.89. The van der Waals surface area contributed by atoms with Crippen molar-refractivity contribution < 1.29 is 7.45 Å². The van der Waals surface area contributed by atoms with E-state index in [1.807, 2.05) is 0 Å². The number of hydrogen-bond acceptors (Lipinski definition) is 2.